The van der Waals surface area contributed by atoms with Crippen LogP contribution in [0.1, 0.15) is 23.6 Å². The van der Waals surface area contributed by atoms with Crippen molar-refractivity contribution in [3.63, 3.8) is 0 Å². The fraction of sp³-hybridized carbons (Fsp3) is 0.562. The molecule has 2 rings (SSSR count). The summed E-state index contributed by atoms with van der Waals surface area (Å²) in [5.74, 6) is 0.500. The van der Waals surface area contributed by atoms with Crippen molar-refractivity contribution in [2.45, 2.75) is 33.2 Å². The van der Waals surface area contributed by atoms with E-state index in [2.05, 4.69) is 46.9 Å². The summed E-state index contributed by atoms with van der Waals surface area (Å²) in [6, 6.07) is 4.18. The number of aryl methyl sites for hydroxylation is 1. The second-order valence-corrected chi connectivity index (χ2v) is 7.10. The molecule has 140 valence electrons. The number of nitrogens with zero attached hydrogens (tertiary/aromatic N) is 2. The molecule has 0 spiro atoms. The number of hydrogen-bond acceptors (Lipinski definition) is 4. The summed E-state index contributed by atoms with van der Waals surface area (Å²) in [4.78, 5) is 31.3. The highest BCUT2D eigenvalue weighted by Gasteiger charge is 2.27. The van der Waals surface area contributed by atoms with E-state index in [0.717, 1.165) is 13.0 Å². The van der Waals surface area contributed by atoms with E-state index in [1.807, 2.05) is 6.92 Å². The molecule has 0 aliphatic carbocycles. The summed E-state index contributed by atoms with van der Waals surface area (Å²) in [5, 5.41) is 9.06. The molecule has 25 heavy (non-hydrogen) atoms. The van der Waals surface area contributed by atoms with Gasteiger partial charge in [0.05, 0.1) is 19.6 Å². The summed E-state index contributed by atoms with van der Waals surface area (Å²) < 4.78 is 0. The Morgan fingerprint density at radius 1 is 1.44 bits per heavy atom. The summed E-state index contributed by atoms with van der Waals surface area (Å²) in [6.45, 7) is 7.71. The Bertz CT molecular complexity index is 603. The van der Waals surface area contributed by atoms with Crippen molar-refractivity contribution in [1.82, 2.24) is 20.9 Å². The highest BCUT2D eigenvalue weighted by molar-refractivity contribution is 14.0. The van der Waals surface area contributed by atoms with Gasteiger partial charge >= 0.3 is 6.03 Å². The normalized spacial score (nSPS) is 15.6. The van der Waals surface area contributed by atoms with Gasteiger partial charge < -0.3 is 16.0 Å². The van der Waals surface area contributed by atoms with Gasteiger partial charge in [-0.3, -0.25) is 14.7 Å². The average molecular weight is 479 g/mol. The molecule has 1 unspecified atom stereocenters. The highest BCUT2D eigenvalue weighted by Crippen LogP contribution is 2.16. The maximum absolute atomic E-state index is 11.5. The standard InChI is InChI=1S/C16H25N5O2S.HI/c1-4-17-15(18-7-8-21-14(22)10-19-16(21)23)20-11(2)9-13-6-5-12(3)24-13;/h5-6,11H,4,7-10H2,1-3H3,(H,19,23)(H2,17,18,20);1H. The number of rotatable bonds is 7. The second kappa shape index (κ2) is 10.6. The molecule has 1 aromatic heterocycles. The van der Waals surface area contributed by atoms with E-state index in [1.165, 1.54) is 14.7 Å². The van der Waals surface area contributed by atoms with Gasteiger partial charge in [0.2, 0.25) is 5.91 Å². The molecule has 1 aromatic rings. The van der Waals surface area contributed by atoms with Crippen molar-refractivity contribution in [2.75, 3.05) is 26.2 Å². The molecular weight excluding hydrogens is 453 g/mol. The summed E-state index contributed by atoms with van der Waals surface area (Å²) in [5.41, 5.74) is 0. The van der Waals surface area contributed by atoms with Gasteiger partial charge in [0.15, 0.2) is 5.96 Å². The summed E-state index contributed by atoms with van der Waals surface area (Å²) >= 11 is 1.80. The largest absolute Gasteiger partial charge is 0.357 e. The van der Waals surface area contributed by atoms with Crippen LogP contribution < -0.4 is 16.0 Å². The third-order valence-electron chi connectivity index (χ3n) is 3.56. The number of urea groups is 1. The van der Waals surface area contributed by atoms with Crippen LogP contribution in [0, 0.1) is 6.92 Å². The molecule has 0 saturated carbocycles. The molecule has 1 fully saturated rings. The number of hydrogen-bond donors (Lipinski definition) is 3. The maximum atomic E-state index is 11.5. The minimum Gasteiger partial charge on any atom is -0.357 e. The first-order valence-electron chi connectivity index (χ1n) is 8.18. The third-order valence-corrected chi connectivity index (χ3v) is 4.58. The van der Waals surface area contributed by atoms with Crippen LogP contribution in [0.25, 0.3) is 0 Å². The zero-order valence-corrected chi connectivity index (χ0v) is 17.9. The summed E-state index contributed by atoms with van der Waals surface area (Å²) in [7, 11) is 0. The predicted molar refractivity (Wildman–Crippen MR) is 112 cm³/mol. The fourth-order valence-corrected chi connectivity index (χ4v) is 3.46. The Labute approximate surface area is 169 Å². The van der Waals surface area contributed by atoms with E-state index in [4.69, 9.17) is 0 Å². The van der Waals surface area contributed by atoms with Crippen molar-refractivity contribution in [3.8, 4) is 0 Å². The van der Waals surface area contributed by atoms with Crippen LogP contribution in [0.15, 0.2) is 17.1 Å². The van der Waals surface area contributed by atoms with Crippen LogP contribution in [-0.2, 0) is 11.2 Å². The van der Waals surface area contributed by atoms with Gasteiger partial charge in [0.1, 0.15) is 0 Å². The van der Waals surface area contributed by atoms with Crippen LogP contribution in [0.2, 0.25) is 0 Å². The lowest BCUT2D eigenvalue weighted by Crippen LogP contribution is -2.43. The van der Waals surface area contributed by atoms with E-state index >= 15 is 0 Å². The fourth-order valence-electron chi connectivity index (χ4n) is 2.44. The first-order valence-corrected chi connectivity index (χ1v) is 8.99. The molecule has 1 saturated heterocycles. The SMILES string of the molecule is CCNC(=NCCN1C(=O)CNC1=O)NC(C)Cc1ccc(C)s1.I. The number of thiophene rings is 1. The first kappa shape index (κ1) is 21.7. The number of carbonyl (C=O) groups excluding carboxylic acids is 2. The predicted octanol–water partition coefficient (Wildman–Crippen LogP) is 1.71. The lowest BCUT2D eigenvalue weighted by atomic mass is 10.2. The second-order valence-electron chi connectivity index (χ2n) is 5.73. The molecule has 0 radical (unpaired) electrons. The maximum Gasteiger partial charge on any atom is 0.324 e. The molecule has 1 aliphatic rings. The van der Waals surface area contributed by atoms with Crippen molar-refractivity contribution >= 4 is 53.2 Å². The minimum atomic E-state index is -0.338. The van der Waals surface area contributed by atoms with Gasteiger partial charge in [0.25, 0.3) is 0 Å². The van der Waals surface area contributed by atoms with E-state index in [-0.39, 0.29) is 48.5 Å². The van der Waals surface area contributed by atoms with E-state index in [0.29, 0.717) is 19.0 Å². The lowest BCUT2D eigenvalue weighted by molar-refractivity contribution is -0.124. The quantitative estimate of drug-likeness (QED) is 0.241. The Balaban J connectivity index is 0.00000312. The molecule has 2 heterocycles. The van der Waals surface area contributed by atoms with E-state index in [9.17, 15) is 9.59 Å². The molecule has 3 amide bonds. The molecule has 7 nitrogen and oxygen atoms in total. The van der Waals surface area contributed by atoms with E-state index < -0.39 is 0 Å². The smallest absolute Gasteiger partial charge is 0.324 e. The van der Waals surface area contributed by atoms with Gasteiger partial charge in [-0.25, -0.2) is 4.79 Å². The van der Waals surface area contributed by atoms with Crippen molar-refractivity contribution in [3.05, 3.63) is 21.9 Å². The zero-order valence-electron chi connectivity index (χ0n) is 14.8. The summed E-state index contributed by atoms with van der Waals surface area (Å²) in [6.07, 6.45) is 0.927. The van der Waals surface area contributed by atoms with Crippen LogP contribution in [0.5, 0.6) is 0 Å². The molecule has 9 heteroatoms. The monoisotopic (exact) mass is 479 g/mol. The van der Waals surface area contributed by atoms with E-state index in [1.54, 1.807) is 11.3 Å². The van der Waals surface area contributed by atoms with Gasteiger partial charge in [-0.05, 0) is 32.9 Å². The van der Waals surface area contributed by atoms with Crippen LogP contribution >= 0.6 is 35.3 Å². The number of nitrogens with one attached hydrogen (secondary N) is 3. The molecule has 1 atom stereocenters. The Hall–Kier alpha value is -1.36. The number of aliphatic imine (C=N–C) groups is 1. The van der Waals surface area contributed by atoms with Crippen molar-refractivity contribution in [1.29, 1.82) is 0 Å². The topological polar surface area (TPSA) is 85.8 Å². The van der Waals surface area contributed by atoms with Crippen molar-refractivity contribution in [2.24, 2.45) is 4.99 Å². The van der Waals surface area contributed by atoms with Crippen molar-refractivity contribution < 1.29 is 9.59 Å². The highest BCUT2D eigenvalue weighted by atomic mass is 127. The minimum absolute atomic E-state index is 0. The van der Waals surface area contributed by atoms with Crippen LogP contribution in [0.3, 0.4) is 0 Å². The molecule has 1 aliphatic heterocycles. The zero-order chi connectivity index (χ0) is 17.5. The Morgan fingerprint density at radius 3 is 2.76 bits per heavy atom. The molecule has 3 N–H and O–H groups in total. The average Bonchev–Trinajstić information content (AvgIpc) is 3.06. The number of halogens is 1. The number of guanidine groups is 1. The molecule has 0 aromatic carbocycles. The number of amides is 3. The van der Waals surface area contributed by atoms with Crippen LogP contribution in [0.4, 0.5) is 4.79 Å². The van der Waals surface area contributed by atoms with Gasteiger partial charge in [-0.15, -0.1) is 35.3 Å². The molecular formula is C16H26IN5O2S. The van der Waals surface area contributed by atoms with Gasteiger partial charge in [-0.1, -0.05) is 0 Å². The first-order chi connectivity index (χ1) is 11.5. The van der Waals surface area contributed by atoms with Gasteiger partial charge in [0, 0.05) is 28.8 Å². The van der Waals surface area contributed by atoms with Crippen LogP contribution in [-0.4, -0.2) is 55.0 Å². The van der Waals surface area contributed by atoms with Gasteiger partial charge in [-0.2, -0.15) is 0 Å². The number of carbonyl (C=O) groups is 2. The third kappa shape index (κ3) is 6.81. The Morgan fingerprint density at radius 2 is 2.20 bits per heavy atom. The number of imide groups is 1. The Kier molecular flexibility index (Phi) is 9.19. The lowest BCUT2D eigenvalue weighted by Gasteiger charge is -2.18. The molecule has 0 bridgehead atoms.